The average molecular weight is 205 g/mol. The Morgan fingerprint density at radius 2 is 2.07 bits per heavy atom. The van der Waals surface area contributed by atoms with Crippen molar-refractivity contribution < 1.29 is 9.90 Å². The highest BCUT2D eigenvalue weighted by Gasteiger charge is 2.35. The summed E-state index contributed by atoms with van der Waals surface area (Å²) in [5.41, 5.74) is 6.05. The summed E-state index contributed by atoms with van der Waals surface area (Å²) in [7, 11) is 0. The predicted molar refractivity (Wildman–Crippen MR) is 57.5 cm³/mol. The van der Waals surface area contributed by atoms with Crippen molar-refractivity contribution in [2.24, 2.45) is 5.73 Å². The lowest BCUT2D eigenvalue weighted by Gasteiger charge is -2.37. The maximum absolute atomic E-state index is 11.2. The van der Waals surface area contributed by atoms with Gasteiger partial charge in [-0.1, -0.05) is 18.2 Å². The van der Waals surface area contributed by atoms with Gasteiger partial charge in [0.15, 0.2) is 0 Å². The quantitative estimate of drug-likeness (QED) is 0.779. The number of nitrogens with two attached hydrogens (primary N) is 1. The van der Waals surface area contributed by atoms with Gasteiger partial charge < -0.3 is 10.8 Å². The predicted octanol–water partition coefficient (Wildman–Crippen LogP) is 1.24. The molecule has 0 saturated heterocycles. The second-order valence-electron chi connectivity index (χ2n) is 4.28. The molecule has 1 aromatic rings. The normalized spacial score (nSPS) is 18.2. The monoisotopic (exact) mass is 205 g/mol. The summed E-state index contributed by atoms with van der Waals surface area (Å²) in [6, 6.07) is 7.22. The van der Waals surface area contributed by atoms with Gasteiger partial charge in [-0.15, -0.1) is 0 Å². The van der Waals surface area contributed by atoms with E-state index in [4.69, 9.17) is 5.73 Å². The molecule has 1 aliphatic rings. The maximum Gasteiger partial charge on any atom is 0.248 e. The molecule has 1 aromatic carbocycles. The van der Waals surface area contributed by atoms with Crippen LogP contribution in [0.4, 0.5) is 0 Å². The zero-order valence-corrected chi connectivity index (χ0v) is 8.57. The van der Waals surface area contributed by atoms with Crippen molar-refractivity contribution in [3.63, 3.8) is 0 Å². The van der Waals surface area contributed by atoms with Gasteiger partial charge in [0, 0.05) is 12.0 Å². The molecule has 3 nitrogen and oxygen atoms in total. The van der Waals surface area contributed by atoms with Crippen LogP contribution in [-0.2, 0) is 6.42 Å². The van der Waals surface area contributed by atoms with E-state index in [-0.39, 0.29) is 0 Å². The molecule has 3 heteroatoms. The summed E-state index contributed by atoms with van der Waals surface area (Å²) in [4.78, 5) is 11.2. The highest BCUT2D eigenvalue weighted by atomic mass is 16.3. The SMILES string of the molecule is NC(=O)c1ccccc1CC1(O)CCC1. The molecule has 1 saturated carbocycles. The van der Waals surface area contributed by atoms with Crippen LogP contribution in [0.2, 0.25) is 0 Å². The fourth-order valence-corrected chi connectivity index (χ4v) is 2.03. The van der Waals surface area contributed by atoms with Gasteiger partial charge in [0.1, 0.15) is 0 Å². The molecule has 0 aromatic heterocycles. The van der Waals surface area contributed by atoms with Crippen LogP contribution < -0.4 is 5.73 Å². The third-order valence-electron chi connectivity index (χ3n) is 3.09. The molecule has 80 valence electrons. The highest BCUT2D eigenvalue weighted by molar-refractivity contribution is 5.94. The Hall–Kier alpha value is -1.35. The Bertz CT molecular complexity index is 383. The number of primary amides is 1. The summed E-state index contributed by atoms with van der Waals surface area (Å²) in [6.07, 6.45) is 3.24. The van der Waals surface area contributed by atoms with Crippen LogP contribution in [0.3, 0.4) is 0 Å². The third kappa shape index (κ3) is 2.02. The molecule has 1 amide bonds. The molecule has 0 radical (unpaired) electrons. The van der Waals surface area contributed by atoms with Crippen LogP contribution in [0, 0.1) is 0 Å². The minimum Gasteiger partial charge on any atom is -0.390 e. The second-order valence-corrected chi connectivity index (χ2v) is 4.28. The molecule has 0 spiro atoms. The first-order valence-corrected chi connectivity index (χ1v) is 5.21. The van der Waals surface area contributed by atoms with Gasteiger partial charge >= 0.3 is 0 Å². The zero-order valence-electron chi connectivity index (χ0n) is 8.57. The molecular weight excluding hydrogens is 190 g/mol. The lowest BCUT2D eigenvalue weighted by Crippen LogP contribution is -2.39. The first-order valence-electron chi connectivity index (χ1n) is 5.21. The average Bonchev–Trinajstić information content (AvgIpc) is 2.16. The van der Waals surface area contributed by atoms with Crippen molar-refractivity contribution in [1.82, 2.24) is 0 Å². The van der Waals surface area contributed by atoms with E-state index < -0.39 is 11.5 Å². The van der Waals surface area contributed by atoms with Gasteiger partial charge in [0.2, 0.25) is 5.91 Å². The van der Waals surface area contributed by atoms with Gasteiger partial charge in [-0.2, -0.15) is 0 Å². The smallest absolute Gasteiger partial charge is 0.248 e. The molecule has 0 atom stereocenters. The second kappa shape index (κ2) is 3.66. The standard InChI is InChI=1S/C12H15NO2/c13-11(14)10-5-2-1-4-9(10)8-12(15)6-3-7-12/h1-2,4-5,15H,3,6-8H2,(H2,13,14). The van der Waals surface area contributed by atoms with E-state index in [1.807, 2.05) is 12.1 Å². The van der Waals surface area contributed by atoms with Crippen LogP contribution >= 0.6 is 0 Å². The molecule has 1 fully saturated rings. The minimum atomic E-state index is -0.606. The third-order valence-corrected chi connectivity index (χ3v) is 3.09. The molecule has 3 N–H and O–H groups in total. The molecule has 0 unspecified atom stereocenters. The topological polar surface area (TPSA) is 63.3 Å². The number of hydrogen-bond donors (Lipinski definition) is 2. The van der Waals surface area contributed by atoms with Gasteiger partial charge in [-0.25, -0.2) is 0 Å². The number of carbonyl (C=O) groups excluding carboxylic acids is 1. The van der Waals surface area contributed by atoms with Crippen molar-refractivity contribution >= 4 is 5.91 Å². The number of aliphatic hydroxyl groups is 1. The van der Waals surface area contributed by atoms with Crippen molar-refractivity contribution in [2.75, 3.05) is 0 Å². The van der Waals surface area contributed by atoms with Gasteiger partial charge in [0.25, 0.3) is 0 Å². The van der Waals surface area contributed by atoms with Gasteiger partial charge in [0.05, 0.1) is 5.60 Å². The summed E-state index contributed by atoms with van der Waals surface area (Å²) in [6.45, 7) is 0. The summed E-state index contributed by atoms with van der Waals surface area (Å²) in [5.74, 6) is -0.423. The number of rotatable bonds is 3. The molecule has 1 aliphatic carbocycles. The largest absolute Gasteiger partial charge is 0.390 e. The fraction of sp³-hybridized carbons (Fsp3) is 0.417. The summed E-state index contributed by atoms with van der Waals surface area (Å²) >= 11 is 0. The van der Waals surface area contributed by atoms with Crippen molar-refractivity contribution in [2.45, 2.75) is 31.3 Å². The number of hydrogen-bond acceptors (Lipinski definition) is 2. The molecular formula is C12H15NO2. The van der Waals surface area contributed by atoms with E-state index >= 15 is 0 Å². The Morgan fingerprint density at radius 1 is 1.40 bits per heavy atom. The van der Waals surface area contributed by atoms with Gasteiger partial charge in [-0.3, -0.25) is 4.79 Å². The lowest BCUT2D eigenvalue weighted by atomic mass is 9.75. The molecule has 0 heterocycles. The fourth-order valence-electron chi connectivity index (χ4n) is 2.03. The Morgan fingerprint density at radius 3 is 2.60 bits per heavy atom. The minimum absolute atomic E-state index is 0.423. The summed E-state index contributed by atoms with van der Waals surface area (Å²) < 4.78 is 0. The number of amides is 1. The maximum atomic E-state index is 11.2. The lowest BCUT2D eigenvalue weighted by molar-refractivity contribution is -0.0323. The van der Waals surface area contributed by atoms with Crippen molar-refractivity contribution in [3.8, 4) is 0 Å². The van der Waals surface area contributed by atoms with Crippen LogP contribution in [-0.4, -0.2) is 16.6 Å². The van der Waals surface area contributed by atoms with Gasteiger partial charge in [-0.05, 0) is 30.9 Å². The summed E-state index contributed by atoms with van der Waals surface area (Å²) in [5, 5.41) is 10.0. The Kier molecular flexibility index (Phi) is 2.49. The molecule has 0 bridgehead atoms. The first-order chi connectivity index (χ1) is 7.11. The van der Waals surface area contributed by atoms with Crippen LogP contribution in [0.1, 0.15) is 35.2 Å². The molecule has 0 aliphatic heterocycles. The van der Waals surface area contributed by atoms with E-state index in [2.05, 4.69) is 0 Å². The highest BCUT2D eigenvalue weighted by Crippen LogP contribution is 2.35. The van der Waals surface area contributed by atoms with Crippen LogP contribution in [0.25, 0.3) is 0 Å². The van der Waals surface area contributed by atoms with Crippen LogP contribution in [0.5, 0.6) is 0 Å². The first kappa shape index (κ1) is 10.2. The van der Waals surface area contributed by atoms with E-state index in [0.717, 1.165) is 24.8 Å². The van der Waals surface area contributed by atoms with Crippen LogP contribution in [0.15, 0.2) is 24.3 Å². The van der Waals surface area contributed by atoms with E-state index in [0.29, 0.717) is 12.0 Å². The zero-order chi connectivity index (χ0) is 10.9. The van der Waals surface area contributed by atoms with Crippen molar-refractivity contribution in [1.29, 1.82) is 0 Å². The van der Waals surface area contributed by atoms with Crippen molar-refractivity contribution in [3.05, 3.63) is 35.4 Å². The molecule has 2 rings (SSSR count). The number of carbonyl (C=O) groups is 1. The Labute approximate surface area is 88.9 Å². The number of benzene rings is 1. The molecule has 15 heavy (non-hydrogen) atoms. The van der Waals surface area contributed by atoms with E-state index in [1.54, 1.807) is 12.1 Å². The van der Waals surface area contributed by atoms with E-state index in [9.17, 15) is 9.90 Å². The van der Waals surface area contributed by atoms with E-state index in [1.165, 1.54) is 0 Å². The Balaban J connectivity index is 2.23.